The van der Waals surface area contributed by atoms with Gasteiger partial charge in [-0.2, -0.15) is 0 Å². The summed E-state index contributed by atoms with van der Waals surface area (Å²) in [4.78, 5) is 0. The quantitative estimate of drug-likeness (QED) is 0.201. The molecule has 0 radical (unpaired) electrons. The summed E-state index contributed by atoms with van der Waals surface area (Å²) in [6.45, 7) is 0. The van der Waals surface area contributed by atoms with Crippen molar-refractivity contribution in [3.05, 3.63) is 182 Å². The maximum atomic E-state index is 17.1. The Morgan fingerprint density at radius 1 is 0.310 bits per heavy atom. The molecule has 0 aliphatic rings. The average molecular weight is 682 g/mol. The Kier molecular flexibility index (Phi) is 8.83. The van der Waals surface area contributed by atoms with Crippen molar-refractivity contribution in [2.75, 3.05) is 0 Å². The van der Waals surface area contributed by atoms with Crippen LogP contribution in [-0.2, 0) is 7.47 Å². The molecule has 0 aliphatic carbocycles. The van der Waals surface area contributed by atoms with Gasteiger partial charge in [-0.05, 0) is 0 Å². The minimum absolute atomic E-state index is 0.964. The first-order valence-electron chi connectivity index (χ1n) is 13.7. The van der Waals surface area contributed by atoms with Crippen LogP contribution in [0.5, 0.6) is 0 Å². The van der Waals surface area contributed by atoms with Gasteiger partial charge in [-0.3, -0.25) is 0 Å². The summed E-state index contributed by atoms with van der Waals surface area (Å²) < 4.78 is 36.6. The zero-order valence-corrected chi connectivity index (χ0v) is 26.3. The molecule has 6 rings (SSSR count). The first-order chi connectivity index (χ1) is 20.7. The molecule has 0 unspecified atom stereocenters. The molecule has 6 aromatic carbocycles. The Morgan fingerprint density at radius 3 is 0.643 bits per heavy atom. The zero-order valence-electron chi connectivity index (χ0n) is 22.9. The summed E-state index contributed by atoms with van der Waals surface area (Å²) in [6.07, 6.45) is 0. The van der Waals surface area contributed by atoms with E-state index in [1.165, 1.54) is 0 Å². The van der Waals surface area contributed by atoms with Crippen LogP contribution in [0.3, 0.4) is 0 Å². The summed E-state index contributed by atoms with van der Waals surface area (Å²) in [7, 11) is -2.01. The summed E-state index contributed by atoms with van der Waals surface area (Å²) in [5.74, 6) is 0. The predicted octanol–water partition coefficient (Wildman–Crippen LogP) is 4.31. The molecule has 0 spiro atoms. The van der Waals surface area contributed by atoms with E-state index in [2.05, 4.69) is 0 Å². The first-order valence-corrected chi connectivity index (χ1v) is 20.2. The summed E-state index contributed by atoms with van der Waals surface area (Å²) >= 11 is -7.25. The average Bonchev–Trinajstić information content (AvgIpc) is 3.08. The normalized spacial score (nSPS) is 12.4. The number of rotatable bonds is 10. The fourth-order valence-corrected chi connectivity index (χ4v) is 18.1. The van der Waals surface area contributed by atoms with Crippen molar-refractivity contribution in [3.63, 3.8) is 0 Å². The molecule has 42 heavy (non-hydrogen) atoms. The number of hydrogen-bond acceptors (Lipinski definition) is 2. The van der Waals surface area contributed by atoms with Crippen LogP contribution in [0, 0.1) is 0 Å². The van der Waals surface area contributed by atoms with Crippen LogP contribution in [0.2, 0.25) is 0 Å². The van der Waals surface area contributed by atoms with Crippen LogP contribution in [-0.4, -0.2) is 33.7 Å². The van der Waals surface area contributed by atoms with Gasteiger partial charge in [-0.1, -0.05) is 0 Å². The summed E-state index contributed by atoms with van der Waals surface area (Å²) in [6, 6.07) is 60.3. The third-order valence-electron chi connectivity index (χ3n) is 6.89. The summed E-state index contributed by atoms with van der Waals surface area (Å²) in [5, 5.41) is 0. The molecular formula is C36H30BFO2Se2. The maximum absolute atomic E-state index is 17.1. The molecule has 0 amide bonds. The van der Waals surface area contributed by atoms with E-state index in [9.17, 15) is 0 Å². The van der Waals surface area contributed by atoms with Gasteiger partial charge in [0.2, 0.25) is 0 Å². The fraction of sp³-hybridized carbons (Fsp3) is 0. The topological polar surface area (TPSA) is 18.5 Å². The molecule has 6 heteroatoms. The van der Waals surface area contributed by atoms with Gasteiger partial charge >= 0.3 is 254 Å². The number of hydrogen-bond donors (Lipinski definition) is 0. The second-order valence-electron chi connectivity index (χ2n) is 9.46. The third kappa shape index (κ3) is 5.54. The molecule has 0 N–H and O–H groups in total. The van der Waals surface area contributed by atoms with E-state index in [4.69, 9.17) is 7.47 Å². The Hall–Kier alpha value is -3.73. The Morgan fingerprint density at radius 2 is 0.476 bits per heavy atom. The van der Waals surface area contributed by atoms with Crippen LogP contribution in [0.25, 0.3) is 0 Å². The van der Waals surface area contributed by atoms with Crippen molar-refractivity contribution in [3.8, 4) is 0 Å². The molecule has 0 aliphatic heterocycles. The van der Waals surface area contributed by atoms with Gasteiger partial charge in [0.15, 0.2) is 0 Å². The van der Waals surface area contributed by atoms with E-state index >= 15 is 4.32 Å². The molecule has 6 aromatic rings. The molecule has 0 fully saturated rings. The van der Waals surface area contributed by atoms with Crippen LogP contribution in [0.15, 0.2) is 182 Å². The van der Waals surface area contributed by atoms with E-state index in [1.54, 1.807) is 0 Å². The van der Waals surface area contributed by atoms with Crippen LogP contribution in [0.4, 0.5) is 4.32 Å². The van der Waals surface area contributed by atoms with E-state index in [1.807, 2.05) is 182 Å². The minimum atomic E-state index is -3.63. The second kappa shape index (κ2) is 13.1. The van der Waals surface area contributed by atoms with Crippen molar-refractivity contribution in [2.24, 2.45) is 0 Å². The van der Waals surface area contributed by atoms with E-state index in [0.29, 0.717) is 0 Å². The number of halogens is 1. The van der Waals surface area contributed by atoms with Gasteiger partial charge in [-0.25, -0.2) is 0 Å². The predicted molar refractivity (Wildman–Crippen MR) is 177 cm³/mol. The first kappa shape index (κ1) is 28.4. The van der Waals surface area contributed by atoms with Crippen molar-refractivity contribution in [1.29, 1.82) is 0 Å². The molecule has 0 saturated carbocycles. The molecule has 0 aromatic heterocycles. The van der Waals surface area contributed by atoms with Gasteiger partial charge < -0.3 is 0 Å². The van der Waals surface area contributed by atoms with E-state index in [-0.39, 0.29) is 0 Å². The molecule has 208 valence electrons. The van der Waals surface area contributed by atoms with E-state index < -0.39 is 33.7 Å². The van der Waals surface area contributed by atoms with Crippen LogP contribution in [0.1, 0.15) is 0 Å². The zero-order chi connectivity index (χ0) is 28.7. The molecule has 0 atom stereocenters. The van der Waals surface area contributed by atoms with Crippen molar-refractivity contribution in [1.82, 2.24) is 0 Å². The fourth-order valence-electron chi connectivity index (χ4n) is 5.07. The molecular weight excluding hydrogens is 652 g/mol. The van der Waals surface area contributed by atoms with E-state index in [0.717, 1.165) is 26.8 Å². The Balaban J connectivity index is 1.54. The van der Waals surface area contributed by atoms with Crippen LogP contribution < -0.4 is 26.8 Å². The van der Waals surface area contributed by atoms with Gasteiger partial charge in [0, 0.05) is 0 Å². The molecule has 0 saturated heterocycles. The van der Waals surface area contributed by atoms with Gasteiger partial charge in [0.05, 0.1) is 0 Å². The van der Waals surface area contributed by atoms with Gasteiger partial charge in [-0.15, -0.1) is 0 Å². The van der Waals surface area contributed by atoms with Gasteiger partial charge in [0.25, 0.3) is 0 Å². The summed E-state index contributed by atoms with van der Waals surface area (Å²) in [5.41, 5.74) is 0. The van der Waals surface area contributed by atoms with Crippen molar-refractivity contribution >= 4 is 60.5 Å². The van der Waals surface area contributed by atoms with Crippen molar-refractivity contribution < 1.29 is 11.8 Å². The van der Waals surface area contributed by atoms with Gasteiger partial charge in [0.1, 0.15) is 0 Å². The SMILES string of the molecule is FB(O[Se](c1ccccc1)(c1ccccc1)c1ccccc1)O[Se](c1ccccc1)(c1ccccc1)c1ccccc1. The van der Waals surface area contributed by atoms with Crippen LogP contribution >= 0.6 is 0 Å². The third-order valence-corrected chi connectivity index (χ3v) is 20.5. The standard InChI is InChI=1S/C36H30BFO2Se2/c38-37(39-41(31-19-7-1-8-20-31,32-21-9-2-10-22-32)33-23-11-3-12-24-33)40-42(34-25-13-4-14-26-34,35-27-15-5-16-28-35)36-29-17-6-18-30-36/h1-30H. The molecule has 2 nitrogen and oxygen atoms in total. The van der Waals surface area contributed by atoms with Crippen molar-refractivity contribution in [2.45, 2.75) is 0 Å². The molecule has 0 heterocycles. The second-order valence-corrected chi connectivity index (χ2v) is 20.9. The Labute approximate surface area is 253 Å². The number of benzene rings is 6. The molecule has 0 bridgehead atoms. The monoisotopic (exact) mass is 684 g/mol. The Bertz CT molecular complexity index is 1360.